The third-order valence-electron chi connectivity index (χ3n) is 4.17. The molecule has 0 atom stereocenters. The van der Waals surface area contributed by atoms with Gasteiger partial charge in [0.25, 0.3) is 0 Å². The zero-order valence-electron chi connectivity index (χ0n) is 15.3. The standard InChI is InChI=1S/C20H25N5S/c1-24(2)12-6-11-21-20(26)23-18-13-22-25(15-18)14-17-9-5-8-16-7-3-4-10-19(16)17/h3-5,7-10,13,15H,6,11-12,14H2,1-2H3,(H2,21,23,26). The van der Waals surface area contributed by atoms with Crippen molar-refractivity contribution >= 4 is 33.8 Å². The number of fused-ring (bicyclic) bond motifs is 1. The average Bonchev–Trinajstić information content (AvgIpc) is 3.06. The molecule has 0 aliphatic heterocycles. The minimum absolute atomic E-state index is 0.633. The molecular formula is C20H25N5S. The van der Waals surface area contributed by atoms with E-state index < -0.39 is 0 Å². The zero-order valence-corrected chi connectivity index (χ0v) is 16.1. The van der Waals surface area contributed by atoms with Crippen molar-refractivity contribution in [3.8, 4) is 0 Å². The van der Waals surface area contributed by atoms with Gasteiger partial charge >= 0.3 is 0 Å². The van der Waals surface area contributed by atoms with Gasteiger partial charge < -0.3 is 15.5 Å². The summed E-state index contributed by atoms with van der Waals surface area (Å²) in [5, 5.41) is 14.0. The van der Waals surface area contributed by atoms with Crippen molar-refractivity contribution in [2.45, 2.75) is 13.0 Å². The van der Waals surface area contributed by atoms with Gasteiger partial charge in [0.1, 0.15) is 0 Å². The number of hydrogen-bond donors (Lipinski definition) is 2. The lowest BCUT2D eigenvalue weighted by Gasteiger charge is -2.11. The van der Waals surface area contributed by atoms with Crippen LogP contribution in [0.2, 0.25) is 0 Å². The summed E-state index contributed by atoms with van der Waals surface area (Å²) in [6.07, 6.45) is 4.84. The lowest BCUT2D eigenvalue weighted by molar-refractivity contribution is 0.400. The number of benzene rings is 2. The Morgan fingerprint density at radius 2 is 1.96 bits per heavy atom. The molecule has 0 bridgehead atoms. The summed E-state index contributed by atoms with van der Waals surface area (Å²) in [6.45, 7) is 2.62. The first-order chi connectivity index (χ1) is 12.6. The van der Waals surface area contributed by atoms with Gasteiger partial charge in [-0.3, -0.25) is 4.68 Å². The topological polar surface area (TPSA) is 45.1 Å². The minimum atomic E-state index is 0.633. The molecule has 1 heterocycles. The summed E-state index contributed by atoms with van der Waals surface area (Å²) in [5.41, 5.74) is 2.15. The van der Waals surface area contributed by atoms with Crippen molar-refractivity contribution in [3.63, 3.8) is 0 Å². The Labute approximate surface area is 160 Å². The second-order valence-corrected chi connectivity index (χ2v) is 7.01. The molecule has 3 rings (SSSR count). The van der Waals surface area contributed by atoms with Crippen molar-refractivity contribution < 1.29 is 0 Å². The highest BCUT2D eigenvalue weighted by Crippen LogP contribution is 2.19. The molecule has 2 N–H and O–H groups in total. The highest BCUT2D eigenvalue weighted by Gasteiger charge is 2.05. The molecule has 0 aliphatic carbocycles. The van der Waals surface area contributed by atoms with E-state index in [1.54, 1.807) is 6.20 Å². The van der Waals surface area contributed by atoms with Crippen LogP contribution in [-0.2, 0) is 6.54 Å². The summed E-state index contributed by atoms with van der Waals surface area (Å²) in [4.78, 5) is 2.16. The Morgan fingerprint density at radius 3 is 2.81 bits per heavy atom. The molecule has 136 valence electrons. The predicted octanol–water partition coefficient (Wildman–Crippen LogP) is 3.32. The minimum Gasteiger partial charge on any atom is -0.362 e. The maximum absolute atomic E-state index is 5.34. The summed E-state index contributed by atoms with van der Waals surface area (Å²) in [6, 6.07) is 14.8. The average molecular weight is 368 g/mol. The quantitative estimate of drug-likeness (QED) is 0.495. The molecule has 26 heavy (non-hydrogen) atoms. The van der Waals surface area contributed by atoms with Crippen molar-refractivity contribution in [3.05, 3.63) is 60.4 Å². The Bertz CT molecular complexity index is 866. The Hall–Kier alpha value is -2.44. The maximum atomic E-state index is 5.34. The van der Waals surface area contributed by atoms with E-state index in [0.29, 0.717) is 5.11 Å². The Kier molecular flexibility index (Phi) is 6.20. The van der Waals surface area contributed by atoms with Gasteiger partial charge in [0.2, 0.25) is 0 Å². The Balaban J connectivity index is 1.57. The number of aromatic nitrogens is 2. The third kappa shape index (κ3) is 5.03. The van der Waals surface area contributed by atoms with Gasteiger partial charge in [-0.15, -0.1) is 0 Å². The van der Waals surface area contributed by atoms with E-state index in [1.165, 1.54) is 16.3 Å². The summed E-state index contributed by atoms with van der Waals surface area (Å²) in [5.74, 6) is 0. The van der Waals surface area contributed by atoms with E-state index in [9.17, 15) is 0 Å². The fraction of sp³-hybridized carbons (Fsp3) is 0.300. The first kappa shape index (κ1) is 18.4. The van der Waals surface area contributed by atoms with Gasteiger partial charge in [0.05, 0.1) is 18.4 Å². The molecule has 2 aromatic carbocycles. The number of nitrogens with one attached hydrogen (secondary N) is 2. The molecule has 0 amide bonds. The van der Waals surface area contributed by atoms with Crippen molar-refractivity contribution in [1.82, 2.24) is 20.0 Å². The van der Waals surface area contributed by atoms with E-state index in [0.717, 1.165) is 31.7 Å². The fourth-order valence-electron chi connectivity index (χ4n) is 2.89. The number of thiocarbonyl (C=S) groups is 1. The number of hydrogen-bond acceptors (Lipinski definition) is 3. The molecule has 0 fully saturated rings. The van der Waals surface area contributed by atoms with E-state index in [2.05, 4.69) is 77.2 Å². The molecule has 6 heteroatoms. The van der Waals surface area contributed by atoms with Crippen molar-refractivity contribution in [2.75, 3.05) is 32.5 Å². The van der Waals surface area contributed by atoms with E-state index in [-0.39, 0.29) is 0 Å². The molecular weight excluding hydrogens is 342 g/mol. The van der Waals surface area contributed by atoms with Crippen molar-refractivity contribution in [1.29, 1.82) is 0 Å². The lowest BCUT2D eigenvalue weighted by atomic mass is 10.0. The van der Waals surface area contributed by atoms with Crippen LogP contribution in [0.25, 0.3) is 10.8 Å². The molecule has 3 aromatic rings. The van der Waals surface area contributed by atoms with Crippen LogP contribution in [0.5, 0.6) is 0 Å². The molecule has 0 saturated carbocycles. The molecule has 0 saturated heterocycles. The number of nitrogens with zero attached hydrogens (tertiary/aromatic N) is 3. The summed E-state index contributed by atoms with van der Waals surface area (Å²) >= 11 is 5.34. The maximum Gasteiger partial charge on any atom is 0.170 e. The highest BCUT2D eigenvalue weighted by molar-refractivity contribution is 7.80. The first-order valence-corrected chi connectivity index (χ1v) is 9.21. The zero-order chi connectivity index (χ0) is 18.4. The second kappa shape index (κ2) is 8.78. The SMILES string of the molecule is CN(C)CCCNC(=S)Nc1cnn(Cc2cccc3ccccc23)c1. The van der Waals surface area contributed by atoms with Crippen LogP contribution < -0.4 is 10.6 Å². The monoisotopic (exact) mass is 367 g/mol. The second-order valence-electron chi connectivity index (χ2n) is 6.60. The Morgan fingerprint density at radius 1 is 1.15 bits per heavy atom. The van der Waals surface area contributed by atoms with Crippen LogP contribution in [0.15, 0.2) is 54.9 Å². The van der Waals surface area contributed by atoms with E-state index in [4.69, 9.17) is 12.2 Å². The molecule has 0 spiro atoms. The molecule has 0 radical (unpaired) electrons. The van der Waals surface area contributed by atoms with Crippen LogP contribution in [0.4, 0.5) is 5.69 Å². The highest BCUT2D eigenvalue weighted by atomic mass is 32.1. The molecule has 0 unspecified atom stereocenters. The number of rotatable bonds is 7. The van der Waals surface area contributed by atoms with Crippen molar-refractivity contribution in [2.24, 2.45) is 0 Å². The summed E-state index contributed by atoms with van der Waals surface area (Å²) < 4.78 is 1.93. The van der Waals surface area contributed by atoms with Gasteiger partial charge in [-0.1, -0.05) is 42.5 Å². The molecule has 1 aromatic heterocycles. The normalized spacial score (nSPS) is 11.0. The lowest BCUT2D eigenvalue weighted by Crippen LogP contribution is -2.30. The first-order valence-electron chi connectivity index (χ1n) is 8.80. The molecule has 0 aliphatic rings. The largest absolute Gasteiger partial charge is 0.362 e. The van der Waals surface area contributed by atoms with Gasteiger partial charge in [0.15, 0.2) is 5.11 Å². The van der Waals surface area contributed by atoms with Crippen LogP contribution in [0.3, 0.4) is 0 Å². The van der Waals surface area contributed by atoms with Gasteiger partial charge in [-0.05, 0) is 55.6 Å². The molecule has 5 nitrogen and oxygen atoms in total. The van der Waals surface area contributed by atoms with Crippen LogP contribution in [0.1, 0.15) is 12.0 Å². The van der Waals surface area contributed by atoms with Gasteiger partial charge in [0, 0.05) is 12.7 Å². The van der Waals surface area contributed by atoms with E-state index >= 15 is 0 Å². The predicted molar refractivity (Wildman–Crippen MR) is 113 cm³/mol. The van der Waals surface area contributed by atoms with Gasteiger partial charge in [-0.25, -0.2) is 0 Å². The van der Waals surface area contributed by atoms with Gasteiger partial charge in [-0.2, -0.15) is 5.10 Å². The van der Waals surface area contributed by atoms with E-state index in [1.807, 2.05) is 10.9 Å². The smallest absolute Gasteiger partial charge is 0.170 e. The fourth-order valence-corrected chi connectivity index (χ4v) is 3.11. The third-order valence-corrected chi connectivity index (χ3v) is 4.42. The number of anilines is 1. The van der Waals surface area contributed by atoms with Crippen LogP contribution in [-0.4, -0.2) is 47.0 Å². The van der Waals surface area contributed by atoms with Crippen LogP contribution >= 0.6 is 12.2 Å². The van der Waals surface area contributed by atoms with Crippen LogP contribution in [0, 0.1) is 0 Å². The summed E-state index contributed by atoms with van der Waals surface area (Å²) in [7, 11) is 4.14.